The Balaban J connectivity index is 1.89. The van der Waals surface area contributed by atoms with Crippen molar-refractivity contribution in [2.75, 3.05) is 19.6 Å². The first kappa shape index (κ1) is 11.6. The van der Waals surface area contributed by atoms with E-state index in [1.807, 2.05) is 12.1 Å². The first-order chi connectivity index (χ1) is 7.78. The van der Waals surface area contributed by atoms with Crippen LogP contribution in [-0.4, -0.2) is 36.7 Å². The van der Waals surface area contributed by atoms with Crippen LogP contribution in [0, 0.1) is 0 Å². The first-order valence-corrected chi connectivity index (χ1v) is 5.88. The summed E-state index contributed by atoms with van der Waals surface area (Å²) in [5.41, 5.74) is 5.57. The highest BCUT2D eigenvalue weighted by Crippen LogP contribution is 2.16. The van der Waals surface area contributed by atoms with E-state index in [2.05, 4.69) is 11.8 Å². The van der Waals surface area contributed by atoms with E-state index < -0.39 is 0 Å². The van der Waals surface area contributed by atoms with Crippen molar-refractivity contribution in [3.63, 3.8) is 0 Å². The molecule has 0 bridgehead atoms. The molecule has 1 aromatic rings. The number of rotatable bonds is 4. The van der Waals surface area contributed by atoms with E-state index in [9.17, 15) is 0 Å². The molecule has 16 heavy (non-hydrogen) atoms. The number of nitrogens with zero attached hydrogens (tertiary/aromatic N) is 1. The fourth-order valence-electron chi connectivity index (χ4n) is 2.24. The molecular formula is C12H20N2O2. The lowest BCUT2D eigenvalue weighted by Gasteiger charge is -2.36. The molecule has 4 heteroatoms. The van der Waals surface area contributed by atoms with Crippen molar-refractivity contribution in [1.82, 2.24) is 4.90 Å². The predicted molar refractivity (Wildman–Crippen MR) is 62.0 cm³/mol. The van der Waals surface area contributed by atoms with Crippen molar-refractivity contribution in [3.8, 4) is 0 Å². The number of nitrogens with two attached hydrogens (primary N) is 1. The van der Waals surface area contributed by atoms with E-state index in [1.54, 1.807) is 6.26 Å². The standard InChI is InChI=1S/C12H20N2O2/c1-10-7-14(8-11-3-2-6-15-11)9-12(16-10)4-5-13/h2-3,6,10,12H,4-5,7-9,13H2,1H3. The van der Waals surface area contributed by atoms with Crippen LogP contribution in [0.1, 0.15) is 19.1 Å². The number of morpholine rings is 1. The van der Waals surface area contributed by atoms with Crippen LogP contribution in [0.3, 0.4) is 0 Å². The van der Waals surface area contributed by atoms with Gasteiger partial charge in [-0.25, -0.2) is 0 Å². The van der Waals surface area contributed by atoms with Crippen molar-refractivity contribution in [3.05, 3.63) is 24.2 Å². The van der Waals surface area contributed by atoms with Crippen LogP contribution in [0.15, 0.2) is 22.8 Å². The molecule has 2 N–H and O–H groups in total. The van der Waals surface area contributed by atoms with Gasteiger partial charge in [0.15, 0.2) is 0 Å². The number of ether oxygens (including phenoxy) is 1. The highest BCUT2D eigenvalue weighted by molar-refractivity contribution is 4.98. The molecular weight excluding hydrogens is 204 g/mol. The van der Waals surface area contributed by atoms with E-state index in [1.165, 1.54) is 0 Å². The number of furan rings is 1. The maximum absolute atomic E-state index is 5.82. The second kappa shape index (κ2) is 5.48. The lowest BCUT2D eigenvalue weighted by Crippen LogP contribution is -2.46. The van der Waals surface area contributed by atoms with Crippen molar-refractivity contribution < 1.29 is 9.15 Å². The smallest absolute Gasteiger partial charge is 0.117 e. The summed E-state index contributed by atoms with van der Waals surface area (Å²) in [5, 5.41) is 0. The van der Waals surface area contributed by atoms with Gasteiger partial charge in [0.2, 0.25) is 0 Å². The van der Waals surface area contributed by atoms with E-state index in [0.717, 1.165) is 31.8 Å². The molecule has 2 unspecified atom stereocenters. The van der Waals surface area contributed by atoms with Gasteiger partial charge in [0.05, 0.1) is 25.0 Å². The molecule has 4 nitrogen and oxygen atoms in total. The van der Waals surface area contributed by atoms with Gasteiger partial charge < -0.3 is 14.9 Å². The molecule has 1 aromatic heterocycles. The molecule has 2 rings (SSSR count). The molecule has 1 saturated heterocycles. The van der Waals surface area contributed by atoms with Crippen LogP contribution in [0.4, 0.5) is 0 Å². The van der Waals surface area contributed by atoms with Crippen molar-refractivity contribution in [1.29, 1.82) is 0 Å². The molecule has 1 fully saturated rings. The number of hydrogen-bond donors (Lipinski definition) is 1. The molecule has 1 aliphatic rings. The molecule has 0 amide bonds. The highest BCUT2D eigenvalue weighted by atomic mass is 16.5. The number of hydrogen-bond acceptors (Lipinski definition) is 4. The van der Waals surface area contributed by atoms with Crippen LogP contribution in [0.25, 0.3) is 0 Å². The lowest BCUT2D eigenvalue weighted by molar-refractivity contribution is -0.0821. The summed E-state index contributed by atoms with van der Waals surface area (Å²) in [4.78, 5) is 2.37. The fourth-order valence-corrected chi connectivity index (χ4v) is 2.24. The largest absolute Gasteiger partial charge is 0.468 e. The van der Waals surface area contributed by atoms with Gasteiger partial charge in [-0.2, -0.15) is 0 Å². The van der Waals surface area contributed by atoms with Gasteiger partial charge in [0.1, 0.15) is 5.76 Å². The predicted octanol–water partition coefficient (Wildman–Crippen LogP) is 1.22. The second-order valence-electron chi connectivity index (χ2n) is 4.42. The Bertz CT molecular complexity index is 300. The van der Waals surface area contributed by atoms with Gasteiger partial charge >= 0.3 is 0 Å². The Labute approximate surface area is 96.4 Å². The Morgan fingerprint density at radius 1 is 1.50 bits per heavy atom. The summed E-state index contributed by atoms with van der Waals surface area (Å²) in [6.07, 6.45) is 3.19. The summed E-state index contributed by atoms with van der Waals surface area (Å²) in [6.45, 7) is 5.57. The van der Waals surface area contributed by atoms with Gasteiger partial charge in [-0.3, -0.25) is 4.90 Å². The Morgan fingerprint density at radius 3 is 3.06 bits per heavy atom. The lowest BCUT2D eigenvalue weighted by atomic mass is 10.1. The molecule has 1 aliphatic heterocycles. The SMILES string of the molecule is CC1CN(Cc2ccco2)CC(CCN)O1. The third-order valence-corrected chi connectivity index (χ3v) is 2.85. The topological polar surface area (TPSA) is 51.6 Å². The molecule has 0 spiro atoms. The second-order valence-corrected chi connectivity index (χ2v) is 4.42. The maximum Gasteiger partial charge on any atom is 0.117 e. The molecule has 0 aliphatic carbocycles. The molecule has 0 saturated carbocycles. The van der Waals surface area contributed by atoms with Crippen LogP contribution in [-0.2, 0) is 11.3 Å². The molecule has 2 heterocycles. The molecule has 2 atom stereocenters. The van der Waals surface area contributed by atoms with Crippen molar-refractivity contribution in [2.45, 2.75) is 32.1 Å². The van der Waals surface area contributed by atoms with Gasteiger partial charge in [0, 0.05) is 13.1 Å². The van der Waals surface area contributed by atoms with Gasteiger partial charge in [-0.15, -0.1) is 0 Å². The Morgan fingerprint density at radius 2 is 2.38 bits per heavy atom. The Hall–Kier alpha value is -0.840. The zero-order valence-corrected chi connectivity index (χ0v) is 9.76. The zero-order chi connectivity index (χ0) is 11.4. The summed E-state index contributed by atoms with van der Waals surface area (Å²) < 4.78 is 11.2. The van der Waals surface area contributed by atoms with Crippen LogP contribution in [0.5, 0.6) is 0 Å². The van der Waals surface area contributed by atoms with Crippen LogP contribution in [0.2, 0.25) is 0 Å². The zero-order valence-electron chi connectivity index (χ0n) is 9.76. The monoisotopic (exact) mass is 224 g/mol. The fraction of sp³-hybridized carbons (Fsp3) is 0.667. The quantitative estimate of drug-likeness (QED) is 0.835. The van der Waals surface area contributed by atoms with Crippen molar-refractivity contribution in [2.24, 2.45) is 5.73 Å². The minimum atomic E-state index is 0.267. The van der Waals surface area contributed by atoms with E-state index in [-0.39, 0.29) is 12.2 Å². The van der Waals surface area contributed by atoms with E-state index in [4.69, 9.17) is 14.9 Å². The molecule has 0 aromatic carbocycles. The minimum Gasteiger partial charge on any atom is -0.468 e. The highest BCUT2D eigenvalue weighted by Gasteiger charge is 2.24. The third-order valence-electron chi connectivity index (χ3n) is 2.85. The maximum atomic E-state index is 5.82. The molecule has 0 radical (unpaired) electrons. The average molecular weight is 224 g/mol. The van der Waals surface area contributed by atoms with Crippen LogP contribution < -0.4 is 5.73 Å². The normalized spacial score (nSPS) is 27.1. The summed E-state index contributed by atoms with van der Waals surface area (Å²) >= 11 is 0. The molecule has 90 valence electrons. The van der Waals surface area contributed by atoms with E-state index in [0.29, 0.717) is 6.54 Å². The third kappa shape index (κ3) is 3.07. The van der Waals surface area contributed by atoms with Gasteiger partial charge in [-0.05, 0) is 32.0 Å². The summed E-state index contributed by atoms with van der Waals surface area (Å²) in [7, 11) is 0. The summed E-state index contributed by atoms with van der Waals surface area (Å²) in [6, 6.07) is 3.94. The van der Waals surface area contributed by atoms with E-state index >= 15 is 0 Å². The van der Waals surface area contributed by atoms with Gasteiger partial charge in [0.25, 0.3) is 0 Å². The minimum absolute atomic E-state index is 0.267. The Kier molecular flexibility index (Phi) is 3.98. The van der Waals surface area contributed by atoms with Gasteiger partial charge in [-0.1, -0.05) is 0 Å². The van der Waals surface area contributed by atoms with Crippen LogP contribution >= 0.6 is 0 Å². The van der Waals surface area contributed by atoms with Crippen molar-refractivity contribution >= 4 is 0 Å². The summed E-state index contributed by atoms with van der Waals surface area (Å²) in [5.74, 6) is 1.01. The first-order valence-electron chi connectivity index (χ1n) is 5.88. The average Bonchev–Trinajstić information content (AvgIpc) is 2.70.